The zero-order chi connectivity index (χ0) is 27.1. The smallest absolute Gasteiger partial charge is 0.415 e. The molecule has 7 nitrogen and oxygen atoms in total. The molecule has 0 saturated carbocycles. The van der Waals surface area contributed by atoms with Crippen molar-refractivity contribution in [3.05, 3.63) is 95.1 Å². The molecule has 7 heteroatoms. The Kier molecular flexibility index (Phi) is 8.69. The van der Waals surface area contributed by atoms with Crippen LogP contribution in [0.2, 0.25) is 0 Å². The van der Waals surface area contributed by atoms with E-state index in [4.69, 9.17) is 14.2 Å². The first-order chi connectivity index (χ1) is 18.2. The Labute approximate surface area is 224 Å². The van der Waals surface area contributed by atoms with E-state index in [1.54, 1.807) is 12.1 Å². The Morgan fingerprint density at radius 2 is 1.63 bits per heavy atom. The second kappa shape index (κ2) is 12.1. The van der Waals surface area contributed by atoms with E-state index >= 15 is 0 Å². The maximum absolute atomic E-state index is 13.3. The maximum atomic E-state index is 13.3. The fourth-order valence-electron chi connectivity index (χ4n) is 4.40. The van der Waals surface area contributed by atoms with E-state index in [0.29, 0.717) is 11.6 Å². The number of hydrogen-bond donors (Lipinski definition) is 1. The van der Waals surface area contributed by atoms with E-state index in [1.807, 2.05) is 63.2 Å². The van der Waals surface area contributed by atoms with Gasteiger partial charge in [0.25, 0.3) is 0 Å². The Morgan fingerprint density at radius 1 is 0.947 bits per heavy atom. The number of benzene rings is 3. The Hall–Kier alpha value is -3.84. The van der Waals surface area contributed by atoms with Gasteiger partial charge in [0.1, 0.15) is 23.5 Å². The zero-order valence-corrected chi connectivity index (χ0v) is 22.2. The van der Waals surface area contributed by atoms with Crippen molar-refractivity contribution in [3.63, 3.8) is 0 Å². The van der Waals surface area contributed by atoms with Crippen molar-refractivity contribution in [2.24, 2.45) is 0 Å². The topological polar surface area (TPSA) is 85.3 Å². The number of carbonyl (C=O) groups excluding carboxylic acids is 1. The molecule has 0 aromatic heterocycles. The average molecular weight is 518 g/mol. The fourth-order valence-corrected chi connectivity index (χ4v) is 4.40. The number of nitrogens with zero attached hydrogens (tertiary/aromatic N) is 1. The van der Waals surface area contributed by atoms with Gasteiger partial charge in [-0.1, -0.05) is 54.6 Å². The molecule has 0 unspecified atom stereocenters. The zero-order valence-electron chi connectivity index (χ0n) is 22.2. The van der Waals surface area contributed by atoms with E-state index in [9.17, 15) is 14.7 Å². The van der Waals surface area contributed by atoms with E-state index in [2.05, 4.69) is 12.1 Å². The first-order valence-corrected chi connectivity index (χ1v) is 12.9. The molecule has 0 radical (unpaired) electrons. The van der Waals surface area contributed by atoms with Gasteiger partial charge in [0.2, 0.25) is 0 Å². The Bertz CT molecular complexity index is 1230. The molecule has 3 aromatic rings. The van der Waals surface area contributed by atoms with E-state index in [1.165, 1.54) is 16.5 Å². The largest absolute Gasteiger partial charge is 0.488 e. The van der Waals surface area contributed by atoms with Crippen molar-refractivity contribution in [2.45, 2.75) is 58.3 Å². The summed E-state index contributed by atoms with van der Waals surface area (Å²) >= 11 is 0. The van der Waals surface area contributed by atoms with Crippen molar-refractivity contribution in [3.8, 4) is 5.75 Å². The molecule has 4 rings (SSSR count). The number of carbonyl (C=O) groups is 2. The predicted octanol–water partition coefficient (Wildman–Crippen LogP) is 6.80. The predicted molar refractivity (Wildman–Crippen MR) is 146 cm³/mol. The minimum absolute atomic E-state index is 0.0228. The number of aromatic carboxylic acids is 1. The molecular formula is C31H35NO6. The summed E-state index contributed by atoms with van der Waals surface area (Å²) in [6.45, 7) is 7.45. The van der Waals surface area contributed by atoms with Crippen LogP contribution >= 0.6 is 0 Å². The van der Waals surface area contributed by atoms with Crippen LogP contribution in [-0.2, 0) is 22.6 Å². The number of rotatable bonds is 8. The average Bonchev–Trinajstić information content (AvgIpc) is 2.90. The second-order valence-corrected chi connectivity index (χ2v) is 10.5. The molecule has 1 aliphatic heterocycles. The first kappa shape index (κ1) is 27.2. The molecule has 1 fully saturated rings. The van der Waals surface area contributed by atoms with Crippen molar-refractivity contribution in [1.82, 2.24) is 0 Å². The highest BCUT2D eigenvalue weighted by atomic mass is 16.6. The lowest BCUT2D eigenvalue weighted by molar-refractivity contribution is 0.0577. The van der Waals surface area contributed by atoms with Crippen LogP contribution in [0.3, 0.4) is 0 Å². The summed E-state index contributed by atoms with van der Waals surface area (Å²) < 4.78 is 17.1. The molecule has 1 N–H and O–H groups in total. The number of hydrogen-bond acceptors (Lipinski definition) is 5. The number of anilines is 1. The van der Waals surface area contributed by atoms with E-state index < -0.39 is 17.7 Å². The van der Waals surface area contributed by atoms with Crippen LogP contribution in [0.1, 0.15) is 66.6 Å². The Balaban J connectivity index is 1.61. The second-order valence-electron chi connectivity index (χ2n) is 10.5. The van der Waals surface area contributed by atoms with Crippen LogP contribution in [0.5, 0.6) is 5.75 Å². The van der Waals surface area contributed by atoms with Crippen LogP contribution in [0.4, 0.5) is 10.5 Å². The third kappa shape index (κ3) is 7.35. The standard InChI is InChI=1S/C31H35NO6/c1-31(2,3)38-30(35)32(20-22-9-11-24(12-10-22)25-15-17-36-18-16-25)26-13-14-27(29(33)34)28(19-26)37-21-23-7-5-4-6-8-23/h4-14,19,25H,15-18,20-21H2,1-3H3,(H,33,34). The molecule has 1 aliphatic rings. The Morgan fingerprint density at radius 3 is 2.26 bits per heavy atom. The lowest BCUT2D eigenvalue weighted by atomic mass is 9.91. The number of carboxylic acids is 1. The van der Waals surface area contributed by atoms with Crippen LogP contribution in [0, 0.1) is 0 Å². The molecule has 200 valence electrons. The van der Waals surface area contributed by atoms with Gasteiger partial charge >= 0.3 is 12.1 Å². The molecule has 0 aliphatic carbocycles. The number of carboxylic acid groups (broad SMARTS) is 1. The summed E-state index contributed by atoms with van der Waals surface area (Å²) in [7, 11) is 0. The minimum Gasteiger partial charge on any atom is -0.488 e. The van der Waals surface area contributed by atoms with Gasteiger partial charge in [-0.25, -0.2) is 9.59 Å². The molecule has 1 saturated heterocycles. The van der Waals surface area contributed by atoms with E-state index in [0.717, 1.165) is 37.2 Å². The number of amides is 1. The molecule has 38 heavy (non-hydrogen) atoms. The van der Waals surface area contributed by atoms with Crippen molar-refractivity contribution in [1.29, 1.82) is 0 Å². The normalized spacial score (nSPS) is 14.1. The number of ether oxygens (including phenoxy) is 3. The van der Waals surface area contributed by atoms with Gasteiger partial charge in [-0.3, -0.25) is 4.90 Å². The minimum atomic E-state index is -1.10. The summed E-state index contributed by atoms with van der Waals surface area (Å²) in [6.07, 6.45) is 1.49. The quantitative estimate of drug-likeness (QED) is 0.354. The summed E-state index contributed by atoms with van der Waals surface area (Å²) in [6, 6.07) is 22.4. The highest BCUT2D eigenvalue weighted by molar-refractivity contribution is 5.93. The molecular weight excluding hydrogens is 482 g/mol. The maximum Gasteiger partial charge on any atom is 0.415 e. The van der Waals surface area contributed by atoms with Gasteiger partial charge in [-0.15, -0.1) is 0 Å². The van der Waals surface area contributed by atoms with Gasteiger partial charge in [-0.05, 0) is 68.4 Å². The third-order valence-electron chi connectivity index (χ3n) is 6.37. The van der Waals surface area contributed by atoms with Gasteiger partial charge in [0.15, 0.2) is 0 Å². The first-order valence-electron chi connectivity index (χ1n) is 12.9. The molecule has 0 bridgehead atoms. The summed E-state index contributed by atoms with van der Waals surface area (Å²) in [4.78, 5) is 26.7. The van der Waals surface area contributed by atoms with Crippen LogP contribution in [0.25, 0.3) is 0 Å². The van der Waals surface area contributed by atoms with Crippen LogP contribution in [0.15, 0.2) is 72.8 Å². The summed E-state index contributed by atoms with van der Waals surface area (Å²) in [5.74, 6) is -0.443. The highest BCUT2D eigenvalue weighted by Crippen LogP contribution is 2.31. The third-order valence-corrected chi connectivity index (χ3v) is 6.37. The van der Waals surface area contributed by atoms with Gasteiger partial charge in [0, 0.05) is 19.3 Å². The lowest BCUT2D eigenvalue weighted by Crippen LogP contribution is -2.36. The van der Waals surface area contributed by atoms with Crippen LogP contribution < -0.4 is 9.64 Å². The molecule has 1 heterocycles. The molecule has 0 atom stereocenters. The lowest BCUT2D eigenvalue weighted by Gasteiger charge is -2.28. The van der Waals surface area contributed by atoms with Crippen LogP contribution in [-0.4, -0.2) is 36.0 Å². The molecule has 3 aromatic carbocycles. The van der Waals surface area contributed by atoms with Gasteiger partial charge < -0.3 is 19.3 Å². The van der Waals surface area contributed by atoms with Crippen molar-refractivity contribution < 1.29 is 28.9 Å². The summed E-state index contributed by atoms with van der Waals surface area (Å²) in [5.41, 5.74) is 2.91. The molecule has 0 spiro atoms. The van der Waals surface area contributed by atoms with Crippen molar-refractivity contribution in [2.75, 3.05) is 18.1 Å². The highest BCUT2D eigenvalue weighted by Gasteiger charge is 2.26. The summed E-state index contributed by atoms with van der Waals surface area (Å²) in [5, 5.41) is 9.73. The van der Waals surface area contributed by atoms with Crippen molar-refractivity contribution >= 4 is 17.7 Å². The fraction of sp³-hybridized carbons (Fsp3) is 0.355. The monoisotopic (exact) mass is 517 g/mol. The SMILES string of the molecule is CC(C)(C)OC(=O)N(Cc1ccc(C2CCOCC2)cc1)c1ccc(C(=O)O)c(OCc2ccccc2)c1. The van der Waals surface area contributed by atoms with Gasteiger partial charge in [0.05, 0.1) is 12.2 Å². The van der Waals surface area contributed by atoms with Gasteiger partial charge in [-0.2, -0.15) is 0 Å². The molecule has 1 amide bonds. The van der Waals surface area contributed by atoms with E-state index in [-0.39, 0.29) is 24.5 Å².